The van der Waals surface area contributed by atoms with Crippen LogP contribution in [0.2, 0.25) is 0 Å². The predicted octanol–water partition coefficient (Wildman–Crippen LogP) is 2.45. The lowest BCUT2D eigenvalue weighted by atomic mass is 9.87. The van der Waals surface area contributed by atoms with Crippen molar-refractivity contribution in [1.82, 2.24) is 16.0 Å². The smallest absolute Gasteiger partial charge is 0.220 e. The number of methoxy groups -OCH3 is 1. The number of guanidine groups is 1. The van der Waals surface area contributed by atoms with E-state index >= 15 is 0 Å². The highest BCUT2D eigenvalue weighted by Crippen LogP contribution is 2.25. The van der Waals surface area contributed by atoms with Crippen LogP contribution >= 0.6 is 0 Å². The molecule has 1 aliphatic rings. The van der Waals surface area contributed by atoms with E-state index in [2.05, 4.69) is 20.9 Å². The van der Waals surface area contributed by atoms with Gasteiger partial charge < -0.3 is 20.7 Å². The molecule has 26 heavy (non-hydrogen) atoms. The summed E-state index contributed by atoms with van der Waals surface area (Å²) in [6, 6.07) is 7.89. The monoisotopic (exact) mass is 360 g/mol. The number of rotatable bonds is 8. The Morgan fingerprint density at radius 3 is 2.58 bits per heavy atom. The molecule has 0 aliphatic heterocycles. The molecule has 6 nitrogen and oxygen atoms in total. The van der Waals surface area contributed by atoms with Gasteiger partial charge in [0.05, 0.1) is 7.11 Å². The third-order valence-corrected chi connectivity index (χ3v) is 4.80. The van der Waals surface area contributed by atoms with Crippen LogP contribution in [0, 0.1) is 5.92 Å². The van der Waals surface area contributed by atoms with E-state index in [0.717, 1.165) is 11.3 Å². The van der Waals surface area contributed by atoms with Gasteiger partial charge in [-0.05, 0) is 24.8 Å². The summed E-state index contributed by atoms with van der Waals surface area (Å²) in [4.78, 5) is 16.2. The van der Waals surface area contributed by atoms with Crippen LogP contribution < -0.4 is 20.7 Å². The lowest BCUT2D eigenvalue weighted by Crippen LogP contribution is -2.41. The molecule has 1 aromatic rings. The summed E-state index contributed by atoms with van der Waals surface area (Å²) in [5.41, 5.74) is 1.07. The number of nitrogens with one attached hydrogen (secondary N) is 3. The molecular formula is C20H32N4O2. The fourth-order valence-electron chi connectivity index (χ4n) is 3.36. The third kappa shape index (κ3) is 6.94. The van der Waals surface area contributed by atoms with Gasteiger partial charge in [0, 0.05) is 38.7 Å². The first kappa shape index (κ1) is 20.1. The molecule has 0 spiro atoms. The molecule has 0 saturated heterocycles. The zero-order valence-electron chi connectivity index (χ0n) is 16.0. The van der Waals surface area contributed by atoms with Gasteiger partial charge in [0.25, 0.3) is 0 Å². The number of amides is 1. The lowest BCUT2D eigenvalue weighted by Gasteiger charge is -2.20. The van der Waals surface area contributed by atoms with Gasteiger partial charge in [0.15, 0.2) is 5.96 Å². The van der Waals surface area contributed by atoms with Crippen molar-refractivity contribution < 1.29 is 9.53 Å². The first-order valence-electron chi connectivity index (χ1n) is 9.56. The molecule has 0 unspecified atom stereocenters. The van der Waals surface area contributed by atoms with Gasteiger partial charge in [-0.15, -0.1) is 0 Å². The Kier molecular flexibility index (Phi) is 8.79. The minimum absolute atomic E-state index is 0.163. The molecule has 0 heterocycles. The molecule has 1 aliphatic carbocycles. The van der Waals surface area contributed by atoms with Crippen molar-refractivity contribution in [2.75, 3.05) is 27.2 Å². The van der Waals surface area contributed by atoms with E-state index in [1.807, 2.05) is 24.3 Å². The fraction of sp³-hybridized carbons (Fsp3) is 0.600. The molecule has 6 heteroatoms. The predicted molar refractivity (Wildman–Crippen MR) is 105 cm³/mol. The van der Waals surface area contributed by atoms with E-state index in [0.29, 0.717) is 37.9 Å². The van der Waals surface area contributed by atoms with Crippen LogP contribution in [-0.2, 0) is 11.3 Å². The second kappa shape index (κ2) is 11.4. The van der Waals surface area contributed by atoms with Crippen LogP contribution in [0.3, 0.4) is 0 Å². The Labute approximate surface area is 156 Å². The number of aliphatic imine (C=N–C) groups is 1. The summed E-state index contributed by atoms with van der Waals surface area (Å²) in [6.45, 7) is 1.86. The summed E-state index contributed by atoms with van der Waals surface area (Å²) < 4.78 is 5.35. The summed E-state index contributed by atoms with van der Waals surface area (Å²) in [5, 5.41) is 9.48. The Balaban J connectivity index is 1.63. The van der Waals surface area contributed by atoms with Gasteiger partial charge in [-0.1, -0.05) is 37.5 Å². The van der Waals surface area contributed by atoms with E-state index < -0.39 is 0 Å². The Bertz CT molecular complexity index is 583. The quantitative estimate of drug-likeness (QED) is 0.378. The number of ether oxygens (including phenoxy) is 1. The summed E-state index contributed by atoms with van der Waals surface area (Å²) >= 11 is 0. The normalized spacial score (nSPS) is 15.4. The molecule has 0 radical (unpaired) electrons. The standard InChI is InChI=1S/C20H32N4O2/c1-21-20(24-15-17-10-6-7-11-18(17)26-2)23-13-12-22-19(25)14-16-8-4-3-5-9-16/h6-7,10-11,16H,3-5,8-9,12-15H2,1-2H3,(H,22,25)(H2,21,23,24). The highest BCUT2D eigenvalue weighted by Gasteiger charge is 2.16. The average Bonchev–Trinajstić information content (AvgIpc) is 2.68. The lowest BCUT2D eigenvalue weighted by molar-refractivity contribution is -0.122. The van der Waals surface area contributed by atoms with Crippen molar-refractivity contribution in [2.45, 2.75) is 45.1 Å². The molecular weight excluding hydrogens is 328 g/mol. The fourth-order valence-corrected chi connectivity index (χ4v) is 3.36. The molecule has 2 rings (SSSR count). The molecule has 3 N–H and O–H groups in total. The molecule has 1 amide bonds. The summed E-state index contributed by atoms with van der Waals surface area (Å²) in [6.07, 6.45) is 6.93. The third-order valence-electron chi connectivity index (χ3n) is 4.80. The van der Waals surface area contributed by atoms with Gasteiger partial charge in [-0.25, -0.2) is 0 Å². The van der Waals surface area contributed by atoms with E-state index in [-0.39, 0.29) is 5.91 Å². The van der Waals surface area contributed by atoms with Crippen LogP contribution in [0.5, 0.6) is 5.75 Å². The number of benzene rings is 1. The van der Waals surface area contributed by atoms with Crippen LogP contribution in [0.25, 0.3) is 0 Å². The van der Waals surface area contributed by atoms with Gasteiger partial charge in [-0.2, -0.15) is 0 Å². The Morgan fingerprint density at radius 1 is 1.12 bits per heavy atom. The van der Waals surface area contributed by atoms with Crippen molar-refractivity contribution in [2.24, 2.45) is 10.9 Å². The van der Waals surface area contributed by atoms with Crippen molar-refractivity contribution in [3.8, 4) is 5.75 Å². The number of nitrogens with zero attached hydrogens (tertiary/aromatic N) is 1. The van der Waals surface area contributed by atoms with Gasteiger partial charge in [-0.3, -0.25) is 9.79 Å². The van der Waals surface area contributed by atoms with Crippen LogP contribution in [0.15, 0.2) is 29.3 Å². The summed E-state index contributed by atoms with van der Waals surface area (Å²) in [7, 11) is 3.40. The maximum atomic E-state index is 12.0. The molecule has 0 aromatic heterocycles. The first-order chi connectivity index (χ1) is 12.7. The molecule has 0 atom stereocenters. The van der Waals surface area contributed by atoms with Crippen molar-refractivity contribution in [3.63, 3.8) is 0 Å². The number of carbonyl (C=O) groups excluding carboxylic acids is 1. The minimum Gasteiger partial charge on any atom is -0.496 e. The Hall–Kier alpha value is -2.24. The van der Waals surface area contributed by atoms with Crippen LogP contribution in [0.1, 0.15) is 44.1 Å². The van der Waals surface area contributed by atoms with Gasteiger partial charge in [0.2, 0.25) is 5.91 Å². The Morgan fingerprint density at radius 2 is 1.85 bits per heavy atom. The molecule has 1 saturated carbocycles. The highest BCUT2D eigenvalue weighted by molar-refractivity contribution is 5.80. The average molecular weight is 361 g/mol. The zero-order chi connectivity index (χ0) is 18.6. The van der Waals surface area contributed by atoms with Crippen molar-refractivity contribution in [3.05, 3.63) is 29.8 Å². The SMILES string of the molecule is CN=C(NCCNC(=O)CC1CCCCC1)NCc1ccccc1OC. The van der Waals surface area contributed by atoms with Gasteiger partial charge >= 0.3 is 0 Å². The molecule has 0 bridgehead atoms. The zero-order valence-corrected chi connectivity index (χ0v) is 16.0. The largest absolute Gasteiger partial charge is 0.496 e. The number of hydrogen-bond donors (Lipinski definition) is 3. The number of hydrogen-bond acceptors (Lipinski definition) is 3. The van der Waals surface area contributed by atoms with Crippen LogP contribution in [-0.4, -0.2) is 39.1 Å². The van der Waals surface area contributed by atoms with E-state index in [1.165, 1.54) is 32.1 Å². The maximum Gasteiger partial charge on any atom is 0.220 e. The number of carbonyl (C=O) groups is 1. The van der Waals surface area contributed by atoms with E-state index in [9.17, 15) is 4.79 Å². The molecule has 1 aromatic carbocycles. The second-order valence-electron chi connectivity index (χ2n) is 6.72. The second-order valence-corrected chi connectivity index (χ2v) is 6.72. The molecule has 144 valence electrons. The van der Waals surface area contributed by atoms with E-state index in [1.54, 1.807) is 14.2 Å². The maximum absolute atomic E-state index is 12.0. The van der Waals surface area contributed by atoms with E-state index in [4.69, 9.17) is 4.74 Å². The minimum atomic E-state index is 0.163. The summed E-state index contributed by atoms with van der Waals surface area (Å²) in [5.74, 6) is 2.30. The first-order valence-corrected chi connectivity index (χ1v) is 9.56. The van der Waals surface area contributed by atoms with Crippen molar-refractivity contribution >= 4 is 11.9 Å². The highest BCUT2D eigenvalue weighted by atomic mass is 16.5. The molecule has 1 fully saturated rings. The number of para-hydroxylation sites is 1. The topological polar surface area (TPSA) is 74.8 Å². The van der Waals surface area contributed by atoms with Crippen LogP contribution in [0.4, 0.5) is 0 Å². The van der Waals surface area contributed by atoms with Gasteiger partial charge in [0.1, 0.15) is 5.75 Å². The van der Waals surface area contributed by atoms with Crippen molar-refractivity contribution in [1.29, 1.82) is 0 Å².